The second kappa shape index (κ2) is 9.64. The Morgan fingerprint density at radius 2 is 2.09 bits per heavy atom. The van der Waals surface area contributed by atoms with E-state index in [1.165, 1.54) is 19.3 Å². The predicted octanol–water partition coefficient (Wildman–Crippen LogP) is 4.11. The molecule has 2 fully saturated rings. The van der Waals surface area contributed by atoms with E-state index < -0.39 is 0 Å². The number of rotatable bonds is 5. The molecule has 2 aliphatic rings. The molecule has 34 heavy (non-hydrogen) atoms. The van der Waals surface area contributed by atoms with Crippen LogP contribution in [0.2, 0.25) is 5.02 Å². The lowest BCUT2D eigenvalue weighted by Crippen LogP contribution is -2.63. The Bertz CT molecular complexity index is 1190. The van der Waals surface area contributed by atoms with Gasteiger partial charge in [0, 0.05) is 61.2 Å². The molecule has 0 radical (unpaired) electrons. The van der Waals surface area contributed by atoms with Crippen LogP contribution in [-0.2, 0) is 0 Å². The van der Waals surface area contributed by atoms with Gasteiger partial charge in [0.25, 0.3) is 5.91 Å². The molecule has 0 bridgehead atoms. The summed E-state index contributed by atoms with van der Waals surface area (Å²) in [7, 11) is 0. The molecule has 5 rings (SSSR count). The number of fused-ring (bicyclic) bond motifs is 1. The van der Waals surface area contributed by atoms with Gasteiger partial charge in [0.05, 0.1) is 16.1 Å². The van der Waals surface area contributed by atoms with E-state index in [-0.39, 0.29) is 11.4 Å². The fraction of sp³-hybridized carbons (Fsp3) is 0.500. The number of aromatic nitrogens is 3. The van der Waals surface area contributed by atoms with Gasteiger partial charge in [-0.05, 0) is 44.9 Å². The van der Waals surface area contributed by atoms with Gasteiger partial charge in [-0.15, -0.1) is 0 Å². The number of hydrogen-bond donors (Lipinski definition) is 2. The highest BCUT2D eigenvalue weighted by Crippen LogP contribution is 2.35. The fourth-order valence-electron chi connectivity index (χ4n) is 5.65. The Hall–Kier alpha value is -2.48. The van der Waals surface area contributed by atoms with Crippen molar-refractivity contribution in [1.29, 1.82) is 0 Å². The number of benzene rings is 1. The lowest BCUT2D eigenvalue weighted by molar-refractivity contribution is 0.0273. The first-order valence-electron chi connectivity index (χ1n) is 12.3. The Labute approximate surface area is 205 Å². The van der Waals surface area contributed by atoms with Gasteiger partial charge in [-0.25, -0.2) is 9.97 Å². The first kappa shape index (κ1) is 23.3. The molecule has 180 valence electrons. The molecule has 2 N–H and O–H groups in total. The van der Waals surface area contributed by atoms with Crippen LogP contribution in [0, 0.1) is 6.92 Å². The van der Waals surface area contributed by atoms with Crippen molar-refractivity contribution in [3.8, 4) is 5.95 Å². The molecule has 7 nitrogen and oxygen atoms in total. The molecular weight excluding hydrogens is 448 g/mol. The number of aryl methyl sites for hydroxylation is 1. The zero-order chi connectivity index (χ0) is 23.7. The molecule has 1 aromatic carbocycles. The highest BCUT2D eigenvalue weighted by Gasteiger charge is 2.39. The number of nitrogens with one attached hydrogen (secondary N) is 2. The van der Waals surface area contributed by atoms with Gasteiger partial charge in [0.15, 0.2) is 0 Å². The summed E-state index contributed by atoms with van der Waals surface area (Å²) in [5.41, 5.74) is 2.27. The summed E-state index contributed by atoms with van der Waals surface area (Å²) < 4.78 is 1.86. The second-order valence-corrected chi connectivity index (χ2v) is 10.2. The van der Waals surface area contributed by atoms with Crippen LogP contribution >= 0.6 is 11.6 Å². The topological polar surface area (TPSA) is 75.1 Å². The summed E-state index contributed by atoms with van der Waals surface area (Å²) in [5.74, 6) is 0.433. The number of carbonyl (C=O) groups is 1. The summed E-state index contributed by atoms with van der Waals surface area (Å²) >= 11 is 6.60. The van der Waals surface area contributed by atoms with Gasteiger partial charge in [-0.3, -0.25) is 14.3 Å². The summed E-state index contributed by atoms with van der Waals surface area (Å²) in [6.45, 7) is 7.86. The van der Waals surface area contributed by atoms with E-state index in [0.717, 1.165) is 49.1 Å². The summed E-state index contributed by atoms with van der Waals surface area (Å²) in [6, 6.07) is 7.99. The highest BCUT2D eigenvalue weighted by atomic mass is 35.5. The molecule has 8 heteroatoms. The van der Waals surface area contributed by atoms with Gasteiger partial charge in [-0.2, -0.15) is 0 Å². The molecular formula is C26H33ClN6O. The van der Waals surface area contributed by atoms with Crippen LogP contribution in [0.4, 0.5) is 0 Å². The standard InChI is InChI=1S/C26H33ClN6O/c1-18-9-12-29-25(31-18)33-16-20(23-21(27)7-6-8-22(23)33)24(34)30-17-26(10-4-3-5-11-26)32-14-13-28-19(2)15-32/h6-9,12,16,19,28H,3-5,10-11,13-15,17H2,1-2H3,(H,30,34)/t19-/m0/s1. The third-order valence-corrected chi connectivity index (χ3v) is 7.74. The molecule has 1 aliphatic heterocycles. The lowest BCUT2D eigenvalue weighted by atomic mass is 9.79. The van der Waals surface area contributed by atoms with Crippen molar-refractivity contribution in [1.82, 2.24) is 30.1 Å². The first-order valence-corrected chi connectivity index (χ1v) is 12.7. The number of nitrogens with zero attached hydrogens (tertiary/aromatic N) is 4. The van der Waals surface area contributed by atoms with E-state index in [2.05, 4.69) is 32.4 Å². The van der Waals surface area contributed by atoms with Gasteiger partial charge in [0.2, 0.25) is 5.95 Å². The number of piperazine rings is 1. The Morgan fingerprint density at radius 3 is 2.85 bits per heavy atom. The third-order valence-electron chi connectivity index (χ3n) is 7.42. The molecule has 3 aromatic rings. The van der Waals surface area contributed by atoms with Crippen molar-refractivity contribution in [3.63, 3.8) is 0 Å². The summed E-state index contributed by atoms with van der Waals surface area (Å²) in [6.07, 6.45) is 9.50. The molecule has 1 amide bonds. The van der Waals surface area contributed by atoms with Crippen LogP contribution < -0.4 is 10.6 Å². The smallest absolute Gasteiger partial charge is 0.253 e. The first-order chi connectivity index (χ1) is 16.5. The zero-order valence-electron chi connectivity index (χ0n) is 20.0. The van der Waals surface area contributed by atoms with Crippen molar-refractivity contribution in [2.45, 2.75) is 57.5 Å². The SMILES string of the molecule is Cc1ccnc(-n2cc(C(=O)NCC3(N4CCN[C@@H](C)C4)CCCCC3)c3c(Cl)cccc32)n1. The largest absolute Gasteiger partial charge is 0.350 e. The van der Waals surface area contributed by atoms with Crippen LogP contribution in [0.25, 0.3) is 16.9 Å². The van der Waals surface area contributed by atoms with Crippen molar-refractivity contribution in [2.75, 3.05) is 26.2 Å². The van der Waals surface area contributed by atoms with E-state index >= 15 is 0 Å². The molecule has 1 saturated heterocycles. The molecule has 0 spiro atoms. The second-order valence-electron chi connectivity index (χ2n) is 9.81. The van der Waals surface area contributed by atoms with E-state index in [4.69, 9.17) is 11.6 Å². The van der Waals surface area contributed by atoms with Crippen LogP contribution in [0.3, 0.4) is 0 Å². The van der Waals surface area contributed by atoms with Crippen molar-refractivity contribution >= 4 is 28.4 Å². The maximum absolute atomic E-state index is 13.6. The Kier molecular flexibility index (Phi) is 6.60. The predicted molar refractivity (Wildman–Crippen MR) is 136 cm³/mol. The number of carbonyl (C=O) groups excluding carboxylic acids is 1. The van der Waals surface area contributed by atoms with E-state index in [0.29, 0.717) is 29.1 Å². The van der Waals surface area contributed by atoms with Gasteiger partial charge >= 0.3 is 0 Å². The molecule has 0 unspecified atom stereocenters. The van der Waals surface area contributed by atoms with Crippen molar-refractivity contribution in [3.05, 3.63) is 52.9 Å². The van der Waals surface area contributed by atoms with Crippen molar-refractivity contribution < 1.29 is 4.79 Å². The average Bonchev–Trinajstić information content (AvgIpc) is 3.24. The number of halogens is 1. The minimum atomic E-state index is -0.0994. The maximum Gasteiger partial charge on any atom is 0.253 e. The number of hydrogen-bond acceptors (Lipinski definition) is 5. The number of amides is 1. The van der Waals surface area contributed by atoms with Crippen LogP contribution in [-0.4, -0.2) is 63.1 Å². The molecule has 1 aliphatic carbocycles. The van der Waals surface area contributed by atoms with Gasteiger partial charge < -0.3 is 10.6 Å². The van der Waals surface area contributed by atoms with E-state index in [1.807, 2.05) is 42.0 Å². The monoisotopic (exact) mass is 480 g/mol. The highest BCUT2D eigenvalue weighted by molar-refractivity contribution is 6.37. The Morgan fingerprint density at radius 1 is 1.26 bits per heavy atom. The van der Waals surface area contributed by atoms with Crippen LogP contribution in [0.15, 0.2) is 36.7 Å². The molecule has 3 heterocycles. The maximum atomic E-state index is 13.6. The minimum absolute atomic E-state index is 0.0199. The molecule has 1 saturated carbocycles. The average molecular weight is 481 g/mol. The van der Waals surface area contributed by atoms with E-state index in [1.54, 1.807) is 6.20 Å². The van der Waals surface area contributed by atoms with Crippen molar-refractivity contribution in [2.24, 2.45) is 0 Å². The Balaban J connectivity index is 1.45. The van der Waals surface area contributed by atoms with Gasteiger partial charge in [-0.1, -0.05) is 36.9 Å². The quantitative estimate of drug-likeness (QED) is 0.574. The third kappa shape index (κ3) is 4.44. The normalized spacial score (nSPS) is 21.0. The summed E-state index contributed by atoms with van der Waals surface area (Å²) in [4.78, 5) is 25.2. The van der Waals surface area contributed by atoms with E-state index in [9.17, 15) is 4.79 Å². The zero-order valence-corrected chi connectivity index (χ0v) is 20.7. The summed E-state index contributed by atoms with van der Waals surface area (Å²) in [5, 5.41) is 8.14. The van der Waals surface area contributed by atoms with Gasteiger partial charge in [0.1, 0.15) is 0 Å². The van der Waals surface area contributed by atoms with Crippen LogP contribution in [0.1, 0.15) is 55.1 Å². The minimum Gasteiger partial charge on any atom is -0.350 e. The van der Waals surface area contributed by atoms with Crippen LogP contribution in [0.5, 0.6) is 0 Å². The lowest BCUT2D eigenvalue weighted by Gasteiger charge is -2.49. The fourth-order valence-corrected chi connectivity index (χ4v) is 5.92. The molecule has 1 atom stereocenters. The molecule has 2 aromatic heterocycles.